The van der Waals surface area contributed by atoms with Gasteiger partial charge in [0, 0.05) is 38.4 Å². The molecule has 0 spiro atoms. The van der Waals surface area contributed by atoms with Gasteiger partial charge in [0.25, 0.3) is 5.56 Å². The fraction of sp³-hybridized carbons (Fsp3) is 0.417. The third kappa shape index (κ3) is 4.17. The second-order valence-electron chi connectivity index (χ2n) is 8.56. The van der Waals surface area contributed by atoms with Crippen molar-refractivity contribution < 1.29 is 4.79 Å². The van der Waals surface area contributed by atoms with Crippen LogP contribution in [0.1, 0.15) is 31.2 Å². The molecule has 1 aliphatic heterocycles. The lowest BCUT2D eigenvalue weighted by molar-refractivity contribution is 0.190. The topological polar surface area (TPSA) is 83.4 Å². The Bertz CT molecular complexity index is 1150. The molecule has 8 heteroatoms. The Hall–Kier alpha value is -3.42. The van der Waals surface area contributed by atoms with Crippen molar-refractivity contribution in [2.24, 2.45) is 0 Å². The predicted molar refractivity (Wildman–Crippen MR) is 124 cm³/mol. The highest BCUT2D eigenvalue weighted by molar-refractivity contribution is 5.75. The Kier molecular flexibility index (Phi) is 5.75. The number of carbonyl (C=O) groups is 1. The number of anilines is 1. The summed E-state index contributed by atoms with van der Waals surface area (Å²) in [5.74, 6) is 0.428. The number of piperazine rings is 1. The van der Waals surface area contributed by atoms with Gasteiger partial charge in [0.2, 0.25) is 0 Å². The summed E-state index contributed by atoms with van der Waals surface area (Å²) in [6.07, 6.45) is 6.21. The Morgan fingerprint density at radius 1 is 1.00 bits per heavy atom. The zero-order valence-electron chi connectivity index (χ0n) is 18.1. The van der Waals surface area contributed by atoms with E-state index in [9.17, 15) is 9.59 Å². The second-order valence-corrected chi connectivity index (χ2v) is 8.56. The summed E-state index contributed by atoms with van der Waals surface area (Å²) in [4.78, 5) is 39.0. The Labute approximate surface area is 186 Å². The van der Waals surface area contributed by atoms with Crippen molar-refractivity contribution in [1.82, 2.24) is 24.8 Å². The molecule has 3 heterocycles. The van der Waals surface area contributed by atoms with Crippen LogP contribution in [0.5, 0.6) is 0 Å². The Morgan fingerprint density at radius 2 is 1.75 bits per heavy atom. The first-order valence-electron chi connectivity index (χ1n) is 11.4. The molecule has 1 saturated heterocycles. The van der Waals surface area contributed by atoms with Crippen molar-refractivity contribution in [1.29, 1.82) is 0 Å². The lowest BCUT2D eigenvalue weighted by Crippen LogP contribution is -2.54. The summed E-state index contributed by atoms with van der Waals surface area (Å²) in [6.45, 7) is 2.74. The van der Waals surface area contributed by atoms with Crippen molar-refractivity contribution in [2.45, 2.75) is 38.3 Å². The van der Waals surface area contributed by atoms with E-state index in [0.717, 1.165) is 18.4 Å². The number of benzene rings is 1. The van der Waals surface area contributed by atoms with E-state index < -0.39 is 0 Å². The molecule has 3 aromatic rings. The van der Waals surface area contributed by atoms with Gasteiger partial charge in [-0.1, -0.05) is 43.2 Å². The fourth-order valence-electron chi connectivity index (χ4n) is 4.64. The van der Waals surface area contributed by atoms with Crippen molar-refractivity contribution in [3.05, 3.63) is 64.6 Å². The maximum atomic E-state index is 13.5. The molecule has 5 rings (SSSR count). The monoisotopic (exact) mass is 432 g/mol. The minimum atomic E-state index is -0.149. The SMILES string of the molecule is O=C(NC1CCCC1)N1CCN(c2nc3cccnc3n(Cc3ccccc3)c2=O)CC1. The zero-order valence-corrected chi connectivity index (χ0v) is 18.1. The fourth-order valence-corrected chi connectivity index (χ4v) is 4.64. The molecule has 2 fully saturated rings. The van der Waals surface area contributed by atoms with Gasteiger partial charge in [0.1, 0.15) is 5.52 Å². The van der Waals surface area contributed by atoms with E-state index in [-0.39, 0.29) is 11.6 Å². The van der Waals surface area contributed by atoms with Gasteiger partial charge in [0.05, 0.1) is 6.54 Å². The van der Waals surface area contributed by atoms with Gasteiger partial charge in [-0.25, -0.2) is 14.8 Å². The minimum absolute atomic E-state index is 0.00806. The second kappa shape index (κ2) is 8.98. The predicted octanol–water partition coefficient (Wildman–Crippen LogP) is 2.61. The Morgan fingerprint density at radius 3 is 2.50 bits per heavy atom. The zero-order chi connectivity index (χ0) is 21.9. The van der Waals surface area contributed by atoms with Crippen LogP contribution in [0.25, 0.3) is 11.2 Å². The first-order chi connectivity index (χ1) is 15.7. The van der Waals surface area contributed by atoms with Crippen LogP contribution in [0.15, 0.2) is 53.5 Å². The van der Waals surface area contributed by atoms with E-state index in [1.54, 1.807) is 10.8 Å². The molecule has 0 unspecified atom stereocenters. The molecule has 2 aliphatic rings. The molecule has 0 bridgehead atoms. The summed E-state index contributed by atoms with van der Waals surface area (Å²) in [5.41, 5.74) is 2.16. The summed E-state index contributed by atoms with van der Waals surface area (Å²) < 4.78 is 1.70. The summed E-state index contributed by atoms with van der Waals surface area (Å²) in [6, 6.07) is 13.9. The van der Waals surface area contributed by atoms with E-state index in [1.165, 1.54) is 12.8 Å². The van der Waals surface area contributed by atoms with Crippen LogP contribution in [-0.4, -0.2) is 57.7 Å². The van der Waals surface area contributed by atoms with Gasteiger partial charge in [-0.05, 0) is 30.5 Å². The molecule has 1 saturated carbocycles. The van der Waals surface area contributed by atoms with Crippen molar-refractivity contribution in [2.75, 3.05) is 31.1 Å². The minimum Gasteiger partial charge on any atom is -0.348 e. The summed E-state index contributed by atoms with van der Waals surface area (Å²) in [7, 11) is 0. The number of nitrogens with one attached hydrogen (secondary N) is 1. The van der Waals surface area contributed by atoms with Crippen LogP contribution < -0.4 is 15.8 Å². The normalized spacial score (nSPS) is 17.1. The number of hydrogen-bond acceptors (Lipinski definition) is 5. The van der Waals surface area contributed by atoms with Crippen molar-refractivity contribution in [3.8, 4) is 0 Å². The first kappa shape index (κ1) is 20.5. The number of amides is 2. The van der Waals surface area contributed by atoms with Crippen LogP contribution in [0.2, 0.25) is 0 Å². The standard InChI is InChI=1S/C24H28N6O2/c31-23-22(28-13-15-29(16-14-28)24(32)26-19-9-4-5-10-19)27-20-11-6-12-25-21(20)30(23)17-18-7-2-1-3-8-18/h1-3,6-8,11-12,19H,4-5,9-10,13-17H2,(H,26,32). The third-order valence-corrected chi connectivity index (χ3v) is 6.42. The molecule has 0 atom stereocenters. The first-order valence-corrected chi connectivity index (χ1v) is 11.4. The van der Waals surface area contributed by atoms with E-state index in [1.807, 2.05) is 52.3 Å². The van der Waals surface area contributed by atoms with Gasteiger partial charge >= 0.3 is 6.03 Å². The molecule has 0 radical (unpaired) electrons. The molecule has 8 nitrogen and oxygen atoms in total. The van der Waals surface area contributed by atoms with Crippen LogP contribution in [-0.2, 0) is 6.54 Å². The van der Waals surface area contributed by atoms with E-state index in [2.05, 4.69) is 15.3 Å². The molecule has 166 valence electrons. The largest absolute Gasteiger partial charge is 0.348 e. The number of hydrogen-bond donors (Lipinski definition) is 1. The third-order valence-electron chi connectivity index (χ3n) is 6.42. The molecule has 2 aromatic heterocycles. The highest BCUT2D eigenvalue weighted by atomic mass is 16.2. The lowest BCUT2D eigenvalue weighted by Gasteiger charge is -2.35. The summed E-state index contributed by atoms with van der Waals surface area (Å²) >= 11 is 0. The van der Waals surface area contributed by atoms with Crippen LogP contribution >= 0.6 is 0 Å². The number of fused-ring (bicyclic) bond motifs is 1. The average molecular weight is 433 g/mol. The lowest BCUT2D eigenvalue weighted by atomic mass is 10.2. The van der Waals surface area contributed by atoms with Crippen molar-refractivity contribution in [3.63, 3.8) is 0 Å². The molecule has 1 aliphatic carbocycles. The van der Waals surface area contributed by atoms with Gasteiger partial charge in [-0.3, -0.25) is 9.36 Å². The van der Waals surface area contributed by atoms with E-state index in [4.69, 9.17) is 0 Å². The smallest absolute Gasteiger partial charge is 0.317 e. The van der Waals surface area contributed by atoms with Crippen LogP contribution in [0.3, 0.4) is 0 Å². The van der Waals surface area contributed by atoms with E-state index in [0.29, 0.717) is 55.7 Å². The van der Waals surface area contributed by atoms with Crippen LogP contribution in [0.4, 0.5) is 10.6 Å². The summed E-state index contributed by atoms with van der Waals surface area (Å²) in [5, 5.41) is 3.15. The molecular weight excluding hydrogens is 404 g/mol. The molecular formula is C24H28N6O2. The Balaban J connectivity index is 1.37. The number of carbonyl (C=O) groups excluding carboxylic acids is 1. The maximum Gasteiger partial charge on any atom is 0.317 e. The number of aromatic nitrogens is 3. The number of nitrogens with zero attached hydrogens (tertiary/aromatic N) is 5. The molecule has 2 amide bonds. The highest BCUT2D eigenvalue weighted by Gasteiger charge is 2.27. The van der Waals surface area contributed by atoms with Gasteiger partial charge < -0.3 is 15.1 Å². The average Bonchev–Trinajstić information content (AvgIpc) is 3.34. The van der Waals surface area contributed by atoms with Crippen LogP contribution in [0, 0.1) is 0 Å². The van der Waals surface area contributed by atoms with Gasteiger partial charge in [-0.2, -0.15) is 0 Å². The number of urea groups is 1. The molecule has 1 N–H and O–H groups in total. The van der Waals surface area contributed by atoms with Gasteiger partial charge in [0.15, 0.2) is 11.5 Å². The maximum absolute atomic E-state index is 13.5. The number of rotatable bonds is 4. The highest BCUT2D eigenvalue weighted by Crippen LogP contribution is 2.19. The van der Waals surface area contributed by atoms with Gasteiger partial charge in [-0.15, -0.1) is 0 Å². The quantitative estimate of drug-likeness (QED) is 0.685. The molecule has 32 heavy (non-hydrogen) atoms. The van der Waals surface area contributed by atoms with E-state index >= 15 is 0 Å². The number of pyridine rings is 1. The molecule has 1 aromatic carbocycles. The van der Waals surface area contributed by atoms with Crippen molar-refractivity contribution >= 4 is 23.0 Å².